The molecule has 0 saturated heterocycles. The molecule has 5 aromatic rings. The van der Waals surface area contributed by atoms with Gasteiger partial charge in [0.2, 0.25) is 0 Å². The van der Waals surface area contributed by atoms with Crippen molar-refractivity contribution in [2.24, 2.45) is 0 Å². The minimum Gasteiger partial charge on any atom is -0.383 e. The molecule has 7 nitrogen and oxygen atoms in total. The number of anilines is 1. The molecule has 31 heavy (non-hydrogen) atoms. The van der Waals surface area contributed by atoms with Crippen molar-refractivity contribution in [3.05, 3.63) is 88.2 Å². The molecule has 0 radical (unpaired) electrons. The van der Waals surface area contributed by atoms with Gasteiger partial charge < -0.3 is 5.73 Å². The maximum atomic E-state index is 13.6. The van der Waals surface area contributed by atoms with Gasteiger partial charge >= 0.3 is 0 Å². The van der Waals surface area contributed by atoms with Crippen molar-refractivity contribution in [2.45, 2.75) is 26.8 Å². The number of benzene rings is 2. The predicted octanol–water partition coefficient (Wildman–Crippen LogP) is 3.63. The van der Waals surface area contributed by atoms with Crippen LogP contribution in [0.3, 0.4) is 0 Å². The first kappa shape index (κ1) is 19.0. The number of aryl methyl sites for hydroxylation is 2. The average molecular weight is 410 g/mol. The highest BCUT2D eigenvalue weighted by Crippen LogP contribution is 2.24. The molecular weight excluding hydrogens is 388 g/mol. The summed E-state index contributed by atoms with van der Waals surface area (Å²) in [5.41, 5.74) is 10.2. The second kappa shape index (κ2) is 7.36. The van der Waals surface area contributed by atoms with Crippen LogP contribution in [-0.2, 0) is 13.0 Å². The molecule has 0 bridgehead atoms. The molecule has 0 fully saturated rings. The van der Waals surface area contributed by atoms with E-state index in [-0.39, 0.29) is 5.56 Å². The number of nitrogens with zero attached hydrogens (tertiary/aromatic N) is 5. The van der Waals surface area contributed by atoms with Gasteiger partial charge in [0, 0.05) is 11.4 Å². The highest BCUT2D eigenvalue weighted by atomic mass is 16.1. The Hall–Kier alpha value is -4.00. The van der Waals surface area contributed by atoms with Crippen LogP contribution in [0.1, 0.15) is 23.9 Å². The van der Waals surface area contributed by atoms with Gasteiger partial charge in [0.25, 0.3) is 5.56 Å². The second-order valence-corrected chi connectivity index (χ2v) is 7.57. The van der Waals surface area contributed by atoms with Crippen LogP contribution in [0, 0.1) is 6.92 Å². The van der Waals surface area contributed by atoms with Crippen LogP contribution >= 0.6 is 0 Å². The lowest BCUT2D eigenvalue weighted by molar-refractivity contribution is 0.659. The van der Waals surface area contributed by atoms with Crippen LogP contribution in [0.25, 0.3) is 27.5 Å². The molecule has 2 N–H and O–H groups in total. The maximum absolute atomic E-state index is 13.6. The Morgan fingerprint density at radius 2 is 1.81 bits per heavy atom. The third kappa shape index (κ3) is 3.06. The lowest BCUT2D eigenvalue weighted by Gasteiger charge is -2.16. The van der Waals surface area contributed by atoms with E-state index >= 15 is 0 Å². The van der Waals surface area contributed by atoms with E-state index in [1.165, 1.54) is 6.33 Å². The summed E-state index contributed by atoms with van der Waals surface area (Å²) in [5.74, 6) is 0.419. The van der Waals surface area contributed by atoms with Gasteiger partial charge in [-0.25, -0.2) is 14.6 Å². The zero-order chi connectivity index (χ0) is 21.5. The van der Waals surface area contributed by atoms with Crippen molar-refractivity contribution in [2.75, 3.05) is 5.73 Å². The Bertz CT molecular complexity index is 1480. The zero-order valence-electron chi connectivity index (χ0n) is 17.4. The van der Waals surface area contributed by atoms with Gasteiger partial charge in [-0.15, -0.1) is 0 Å². The van der Waals surface area contributed by atoms with E-state index in [9.17, 15) is 4.79 Å². The molecule has 0 atom stereocenters. The zero-order valence-corrected chi connectivity index (χ0v) is 17.4. The summed E-state index contributed by atoms with van der Waals surface area (Å²) in [4.78, 5) is 22.2. The summed E-state index contributed by atoms with van der Waals surface area (Å²) in [5, 5.41) is 7.15. The summed E-state index contributed by atoms with van der Waals surface area (Å²) in [7, 11) is 0. The number of aromatic nitrogens is 5. The monoisotopic (exact) mass is 410 g/mol. The molecule has 3 heterocycles. The Labute approximate surface area is 178 Å². The van der Waals surface area contributed by atoms with Crippen LogP contribution in [0.4, 0.5) is 5.82 Å². The summed E-state index contributed by atoms with van der Waals surface area (Å²) < 4.78 is 3.57. The van der Waals surface area contributed by atoms with Gasteiger partial charge in [-0.2, -0.15) is 5.10 Å². The minimum atomic E-state index is -0.0434. The van der Waals surface area contributed by atoms with Gasteiger partial charge in [0.15, 0.2) is 5.65 Å². The average Bonchev–Trinajstić information content (AvgIpc) is 3.13. The van der Waals surface area contributed by atoms with Gasteiger partial charge in [0.05, 0.1) is 23.0 Å². The van der Waals surface area contributed by atoms with E-state index in [2.05, 4.69) is 16.0 Å². The molecule has 0 unspecified atom stereocenters. The van der Waals surface area contributed by atoms with Crippen LogP contribution in [0.2, 0.25) is 0 Å². The summed E-state index contributed by atoms with van der Waals surface area (Å²) in [6.45, 7) is 4.37. The van der Waals surface area contributed by atoms with E-state index in [4.69, 9.17) is 10.8 Å². The number of para-hydroxylation sites is 1. The summed E-state index contributed by atoms with van der Waals surface area (Å²) in [6.07, 6.45) is 2.16. The normalized spacial score (nSPS) is 11.4. The molecule has 5 rings (SSSR count). The molecule has 0 saturated carbocycles. The summed E-state index contributed by atoms with van der Waals surface area (Å²) >= 11 is 0. The van der Waals surface area contributed by atoms with Gasteiger partial charge in [-0.1, -0.05) is 43.3 Å². The standard InChI is InChI=1S/C24H22N6O/c1-3-19-21-22(25)26-14-27-23(21)29(28-19)13-18-12-16-9-7-8-15(2)20(16)24(31)30(18)17-10-5-4-6-11-17/h4-12,14H,3,13H2,1-2H3,(H2,25,26,27). The third-order valence-corrected chi connectivity index (χ3v) is 5.62. The smallest absolute Gasteiger partial charge is 0.263 e. The molecule has 0 aliphatic heterocycles. The molecule has 0 aliphatic carbocycles. The molecule has 0 amide bonds. The number of nitrogens with two attached hydrogens (primary N) is 1. The fourth-order valence-corrected chi connectivity index (χ4v) is 4.18. The quantitative estimate of drug-likeness (QED) is 0.488. The second-order valence-electron chi connectivity index (χ2n) is 7.57. The fourth-order valence-electron chi connectivity index (χ4n) is 4.18. The number of hydrogen-bond acceptors (Lipinski definition) is 5. The molecule has 154 valence electrons. The number of hydrogen-bond donors (Lipinski definition) is 1. The van der Waals surface area contributed by atoms with Crippen LogP contribution in [-0.4, -0.2) is 24.3 Å². The minimum absolute atomic E-state index is 0.0434. The van der Waals surface area contributed by atoms with Crippen molar-refractivity contribution >= 4 is 27.6 Å². The Balaban J connectivity index is 1.79. The van der Waals surface area contributed by atoms with E-state index in [1.807, 2.05) is 67.1 Å². The molecule has 2 aromatic carbocycles. The highest BCUT2D eigenvalue weighted by Gasteiger charge is 2.18. The van der Waals surface area contributed by atoms with Crippen LogP contribution < -0.4 is 11.3 Å². The number of nitrogen functional groups attached to an aromatic ring is 1. The van der Waals surface area contributed by atoms with E-state index < -0.39 is 0 Å². The van der Waals surface area contributed by atoms with E-state index in [0.717, 1.165) is 38.8 Å². The summed E-state index contributed by atoms with van der Waals surface area (Å²) in [6, 6.07) is 17.6. The molecule has 7 heteroatoms. The molecule has 0 spiro atoms. The Kier molecular flexibility index (Phi) is 4.51. The topological polar surface area (TPSA) is 91.6 Å². The fraction of sp³-hybridized carbons (Fsp3) is 0.167. The van der Waals surface area contributed by atoms with Crippen molar-refractivity contribution < 1.29 is 0 Å². The maximum Gasteiger partial charge on any atom is 0.263 e. The lowest BCUT2D eigenvalue weighted by Crippen LogP contribution is -2.24. The number of pyridine rings is 1. The predicted molar refractivity (Wildman–Crippen MR) is 122 cm³/mol. The van der Waals surface area contributed by atoms with Gasteiger partial charge in [0.1, 0.15) is 12.1 Å². The highest BCUT2D eigenvalue weighted by molar-refractivity contribution is 5.88. The number of rotatable bonds is 4. The van der Waals surface area contributed by atoms with Crippen molar-refractivity contribution in [1.82, 2.24) is 24.3 Å². The van der Waals surface area contributed by atoms with Gasteiger partial charge in [-0.3, -0.25) is 9.36 Å². The molecule has 0 aliphatic rings. The first-order valence-corrected chi connectivity index (χ1v) is 10.2. The number of fused-ring (bicyclic) bond motifs is 2. The molecular formula is C24H22N6O. The van der Waals surface area contributed by atoms with Crippen molar-refractivity contribution in [3.63, 3.8) is 0 Å². The third-order valence-electron chi connectivity index (χ3n) is 5.62. The van der Waals surface area contributed by atoms with E-state index in [1.54, 1.807) is 4.57 Å². The van der Waals surface area contributed by atoms with Crippen molar-refractivity contribution in [3.8, 4) is 5.69 Å². The first-order valence-electron chi connectivity index (χ1n) is 10.2. The lowest BCUT2D eigenvalue weighted by atomic mass is 10.1. The largest absolute Gasteiger partial charge is 0.383 e. The first-order chi connectivity index (χ1) is 15.1. The molecule has 3 aromatic heterocycles. The van der Waals surface area contributed by atoms with E-state index in [0.29, 0.717) is 24.4 Å². The Morgan fingerprint density at radius 1 is 1.00 bits per heavy atom. The van der Waals surface area contributed by atoms with Crippen LogP contribution in [0.15, 0.2) is 65.7 Å². The Morgan fingerprint density at radius 3 is 2.58 bits per heavy atom. The van der Waals surface area contributed by atoms with Crippen molar-refractivity contribution in [1.29, 1.82) is 0 Å². The SMILES string of the molecule is CCc1nn(Cc2cc3cccc(C)c3c(=O)n2-c2ccccc2)c2ncnc(N)c12. The van der Waals surface area contributed by atoms with Gasteiger partial charge in [-0.05, 0) is 42.5 Å². The van der Waals surface area contributed by atoms with Crippen LogP contribution in [0.5, 0.6) is 0 Å².